The van der Waals surface area contributed by atoms with E-state index in [1.165, 1.54) is 56.8 Å². The van der Waals surface area contributed by atoms with Crippen LogP contribution in [0.4, 0.5) is 14.5 Å². The van der Waals surface area contributed by atoms with Gasteiger partial charge in [0, 0.05) is 41.1 Å². The molecule has 0 fully saturated rings. The maximum absolute atomic E-state index is 15.2. The molecule has 0 aliphatic heterocycles. The number of rotatable bonds is 8. The van der Waals surface area contributed by atoms with Crippen molar-refractivity contribution in [2.75, 3.05) is 19.5 Å². The third-order valence-corrected chi connectivity index (χ3v) is 6.81. The number of methoxy groups -OCH3 is 2. The minimum absolute atomic E-state index is 0.0852. The Kier molecular flexibility index (Phi) is 8.07. The fourth-order valence-corrected chi connectivity index (χ4v) is 4.74. The van der Waals surface area contributed by atoms with Crippen molar-refractivity contribution in [1.29, 1.82) is 0 Å². The number of aromatic nitrogens is 3. The zero-order valence-electron chi connectivity index (χ0n) is 24.1. The van der Waals surface area contributed by atoms with E-state index in [1.54, 1.807) is 29.8 Å². The van der Waals surface area contributed by atoms with Crippen molar-refractivity contribution in [3.8, 4) is 34.1 Å². The first-order valence-corrected chi connectivity index (χ1v) is 13.3. The van der Waals surface area contributed by atoms with Crippen LogP contribution in [0.1, 0.15) is 36.1 Å². The zero-order valence-corrected chi connectivity index (χ0v) is 24.1. The summed E-state index contributed by atoms with van der Waals surface area (Å²) in [5, 5.41) is 7.42. The molecule has 5 aromatic rings. The topological polar surface area (TPSA) is 105 Å². The number of pyridine rings is 1. The lowest BCUT2D eigenvalue weighted by Crippen LogP contribution is -2.30. The summed E-state index contributed by atoms with van der Waals surface area (Å²) in [4.78, 5) is 31.0. The third kappa shape index (κ3) is 5.74. The first-order valence-electron chi connectivity index (χ1n) is 13.3. The third-order valence-electron chi connectivity index (χ3n) is 6.81. The lowest BCUT2D eigenvalue weighted by Gasteiger charge is -2.18. The lowest BCUT2D eigenvalue weighted by atomic mass is 10.0. The molecule has 9 nitrogen and oxygen atoms in total. The smallest absolute Gasteiger partial charge is 0.280 e. The van der Waals surface area contributed by atoms with E-state index in [0.29, 0.717) is 39.4 Å². The Hall–Kier alpha value is -5.32. The first kappa shape index (κ1) is 29.2. The number of ether oxygens (including phenoxy) is 3. The predicted octanol–water partition coefficient (Wildman–Crippen LogP) is 6.69. The van der Waals surface area contributed by atoms with E-state index in [9.17, 15) is 14.0 Å². The summed E-state index contributed by atoms with van der Waals surface area (Å²) in [5.41, 5.74) is 0.821. The predicted molar refractivity (Wildman–Crippen MR) is 158 cm³/mol. The molecule has 5 rings (SSSR count). The van der Waals surface area contributed by atoms with Crippen molar-refractivity contribution in [2.45, 2.75) is 26.8 Å². The van der Waals surface area contributed by atoms with Gasteiger partial charge in [-0.05, 0) is 62.7 Å². The van der Waals surface area contributed by atoms with Gasteiger partial charge in [-0.3, -0.25) is 19.3 Å². The van der Waals surface area contributed by atoms with Gasteiger partial charge >= 0.3 is 0 Å². The van der Waals surface area contributed by atoms with Gasteiger partial charge in [0.2, 0.25) is 5.43 Å². The number of anilines is 1. The largest absolute Gasteiger partial charge is 0.493 e. The molecule has 0 spiro atoms. The second kappa shape index (κ2) is 11.9. The highest BCUT2D eigenvalue weighted by atomic mass is 19.1. The molecule has 2 aromatic heterocycles. The van der Waals surface area contributed by atoms with Crippen molar-refractivity contribution in [3.63, 3.8) is 0 Å². The van der Waals surface area contributed by atoms with Crippen LogP contribution < -0.4 is 25.0 Å². The second-order valence-corrected chi connectivity index (χ2v) is 9.92. The van der Waals surface area contributed by atoms with Crippen LogP contribution in [0.5, 0.6) is 23.0 Å². The monoisotopic (exact) mass is 586 g/mol. The van der Waals surface area contributed by atoms with Crippen molar-refractivity contribution in [2.24, 2.45) is 0 Å². The number of hydrogen-bond donors (Lipinski definition) is 1. The maximum Gasteiger partial charge on any atom is 0.280 e. The van der Waals surface area contributed by atoms with Crippen LogP contribution in [0.15, 0.2) is 71.7 Å². The average Bonchev–Trinajstić information content (AvgIpc) is 2.98. The van der Waals surface area contributed by atoms with E-state index in [2.05, 4.69) is 15.4 Å². The molecule has 0 bridgehead atoms. The summed E-state index contributed by atoms with van der Waals surface area (Å²) in [5.74, 6) is -0.871. The summed E-state index contributed by atoms with van der Waals surface area (Å²) < 4.78 is 46.9. The Morgan fingerprint density at radius 3 is 2.26 bits per heavy atom. The molecule has 0 atom stereocenters. The van der Waals surface area contributed by atoms with E-state index < -0.39 is 23.0 Å². The molecular formula is C32H28F2N4O5. The van der Waals surface area contributed by atoms with Crippen molar-refractivity contribution >= 4 is 22.5 Å². The summed E-state index contributed by atoms with van der Waals surface area (Å²) in [6.45, 7) is 5.42. The fraction of sp³-hybridized carbons (Fsp3) is 0.188. The van der Waals surface area contributed by atoms with Gasteiger partial charge in [-0.15, -0.1) is 0 Å². The molecule has 3 aromatic carbocycles. The average molecular weight is 587 g/mol. The highest BCUT2D eigenvalue weighted by molar-refractivity contribution is 6.03. The highest BCUT2D eigenvalue weighted by Crippen LogP contribution is 2.37. The molecule has 1 amide bonds. The van der Waals surface area contributed by atoms with Crippen molar-refractivity contribution in [1.82, 2.24) is 14.8 Å². The van der Waals surface area contributed by atoms with Crippen molar-refractivity contribution < 1.29 is 27.8 Å². The number of carbonyl (C=O) groups is 1. The SMILES string of the molecule is COc1cc2nccc(Oc3ccc(NC(=O)c4nn(C(C)C)c(C)c(-c5ccc(F)cc5)c4=O)cc3F)c2cc1OC. The van der Waals surface area contributed by atoms with Gasteiger partial charge in [-0.1, -0.05) is 12.1 Å². The number of carbonyl (C=O) groups excluding carboxylic acids is 1. The van der Waals surface area contributed by atoms with Gasteiger partial charge in [0.25, 0.3) is 5.91 Å². The molecule has 0 saturated carbocycles. The van der Waals surface area contributed by atoms with E-state index >= 15 is 4.39 Å². The van der Waals surface area contributed by atoms with Gasteiger partial charge in [0.15, 0.2) is 28.8 Å². The van der Waals surface area contributed by atoms with E-state index in [-0.39, 0.29) is 28.7 Å². The first-order chi connectivity index (χ1) is 20.6. The molecule has 0 aliphatic carbocycles. The van der Waals surface area contributed by atoms with Gasteiger partial charge in [-0.2, -0.15) is 5.10 Å². The Morgan fingerprint density at radius 1 is 0.907 bits per heavy atom. The van der Waals surface area contributed by atoms with Gasteiger partial charge in [-0.25, -0.2) is 8.78 Å². The van der Waals surface area contributed by atoms with Gasteiger partial charge in [0.1, 0.15) is 11.6 Å². The van der Waals surface area contributed by atoms with E-state index in [4.69, 9.17) is 14.2 Å². The van der Waals surface area contributed by atoms with Crippen LogP contribution in [0.2, 0.25) is 0 Å². The van der Waals surface area contributed by atoms with Crippen LogP contribution in [-0.2, 0) is 0 Å². The van der Waals surface area contributed by atoms with Gasteiger partial charge in [0.05, 0.1) is 25.3 Å². The number of amides is 1. The molecule has 43 heavy (non-hydrogen) atoms. The summed E-state index contributed by atoms with van der Waals surface area (Å²) in [7, 11) is 3.01. The molecule has 0 saturated heterocycles. The minimum atomic E-state index is -0.822. The molecule has 0 radical (unpaired) electrons. The quantitative estimate of drug-likeness (QED) is 0.216. The molecule has 2 heterocycles. The summed E-state index contributed by atoms with van der Waals surface area (Å²) >= 11 is 0. The number of halogens is 2. The zero-order chi connectivity index (χ0) is 30.8. The van der Waals surface area contributed by atoms with Crippen LogP contribution in [0.3, 0.4) is 0 Å². The minimum Gasteiger partial charge on any atom is -0.493 e. The van der Waals surface area contributed by atoms with Crippen LogP contribution in [0.25, 0.3) is 22.0 Å². The Labute approximate surface area is 245 Å². The standard InChI is InChI=1S/C32H28F2N4O5/c1-17(2)38-18(3)29(19-6-8-20(33)9-7-19)31(39)30(37-38)32(40)36-21-10-11-26(23(34)14-21)43-25-12-13-35-24-16-28(42-5)27(41-4)15-22(24)25/h6-17H,1-5H3,(H,36,40). The fourth-order valence-electron chi connectivity index (χ4n) is 4.74. The number of fused-ring (bicyclic) bond motifs is 1. The van der Waals surface area contributed by atoms with E-state index in [0.717, 1.165) is 6.07 Å². The summed E-state index contributed by atoms with van der Waals surface area (Å²) in [6.07, 6.45) is 1.52. The van der Waals surface area contributed by atoms with Crippen LogP contribution in [-0.4, -0.2) is 34.9 Å². The molecule has 220 valence electrons. The Morgan fingerprint density at radius 2 is 1.60 bits per heavy atom. The number of nitrogens with zero attached hydrogens (tertiary/aromatic N) is 3. The summed E-state index contributed by atoms with van der Waals surface area (Å²) in [6, 6.07) is 14.1. The Balaban J connectivity index is 1.45. The molecule has 1 N–H and O–H groups in total. The normalized spacial score (nSPS) is 11.1. The number of hydrogen-bond acceptors (Lipinski definition) is 7. The molecule has 0 aliphatic rings. The lowest BCUT2D eigenvalue weighted by molar-refractivity contribution is 0.101. The van der Waals surface area contributed by atoms with Gasteiger partial charge < -0.3 is 19.5 Å². The molecule has 0 unspecified atom stereocenters. The molecule has 11 heteroatoms. The van der Waals surface area contributed by atoms with Crippen molar-refractivity contribution in [3.05, 3.63) is 100 Å². The highest BCUT2D eigenvalue weighted by Gasteiger charge is 2.23. The van der Waals surface area contributed by atoms with E-state index in [1.807, 2.05) is 13.8 Å². The molecular weight excluding hydrogens is 558 g/mol. The number of benzene rings is 3. The Bertz CT molecular complexity index is 1910. The van der Waals surface area contributed by atoms with Crippen LogP contribution in [0, 0.1) is 18.6 Å². The van der Waals surface area contributed by atoms with Crippen LogP contribution >= 0.6 is 0 Å². The maximum atomic E-state index is 15.2. The second-order valence-electron chi connectivity index (χ2n) is 9.92. The number of nitrogens with one attached hydrogen (secondary N) is 1.